The van der Waals surface area contributed by atoms with Gasteiger partial charge in [0.15, 0.2) is 0 Å². The van der Waals surface area contributed by atoms with Crippen LogP contribution in [0.4, 0.5) is 0 Å². The largest absolute Gasteiger partial charge is 0.350 e. The number of nitrogens with zero attached hydrogens (tertiary/aromatic N) is 2. The molecule has 0 saturated heterocycles. The van der Waals surface area contributed by atoms with Crippen molar-refractivity contribution in [3.05, 3.63) is 94.0 Å². The summed E-state index contributed by atoms with van der Waals surface area (Å²) in [4.78, 5) is 29.9. The van der Waals surface area contributed by atoms with Gasteiger partial charge in [0.25, 0.3) is 5.91 Å². The number of nitrogens with one attached hydrogen (secondary N) is 1. The van der Waals surface area contributed by atoms with Gasteiger partial charge in [-0.25, -0.2) is 0 Å². The maximum absolute atomic E-state index is 13.7. The second kappa shape index (κ2) is 8.11. The van der Waals surface area contributed by atoms with Gasteiger partial charge in [-0.3, -0.25) is 9.59 Å². The zero-order valence-corrected chi connectivity index (χ0v) is 19.1. The third-order valence-corrected chi connectivity index (χ3v) is 7.27. The average Bonchev–Trinajstić information content (AvgIpc) is 3.39. The predicted octanol–water partition coefficient (Wildman–Crippen LogP) is 5.09. The number of hydrogen-bond acceptors (Lipinski definition) is 3. The van der Waals surface area contributed by atoms with Gasteiger partial charge >= 0.3 is 0 Å². The monoisotopic (exact) mass is 463 g/mol. The maximum atomic E-state index is 13.7. The van der Waals surface area contributed by atoms with Gasteiger partial charge < -0.3 is 14.8 Å². The second-order valence-electron chi connectivity index (χ2n) is 8.26. The molecule has 5 rings (SSSR count). The molecular weight excluding hydrogens is 442 g/mol. The predicted molar refractivity (Wildman–Crippen MR) is 128 cm³/mol. The molecule has 1 aliphatic heterocycles. The average molecular weight is 464 g/mol. The van der Waals surface area contributed by atoms with Crippen molar-refractivity contribution in [1.29, 1.82) is 0 Å². The van der Waals surface area contributed by atoms with Gasteiger partial charge in [0.1, 0.15) is 16.1 Å². The molecule has 2 amide bonds. The van der Waals surface area contributed by atoms with E-state index in [1.807, 2.05) is 71.5 Å². The number of rotatable bonds is 5. The minimum atomic E-state index is -1.05. The van der Waals surface area contributed by atoms with Crippen LogP contribution < -0.4 is 5.32 Å². The van der Waals surface area contributed by atoms with Gasteiger partial charge in [0, 0.05) is 23.5 Å². The number of thiophene rings is 1. The number of fused-ring (bicyclic) bond motifs is 3. The second-order valence-corrected chi connectivity index (χ2v) is 9.59. The van der Waals surface area contributed by atoms with Gasteiger partial charge in [-0.1, -0.05) is 54.1 Å². The molecule has 1 N–H and O–H groups in total. The molecule has 0 radical (unpaired) electrons. The summed E-state index contributed by atoms with van der Waals surface area (Å²) in [5.74, 6) is -0.320. The number of carbonyl (C=O) groups excluding carboxylic acids is 2. The Balaban J connectivity index is 1.51. The first kappa shape index (κ1) is 20.8. The van der Waals surface area contributed by atoms with Crippen molar-refractivity contribution in [2.24, 2.45) is 0 Å². The topological polar surface area (TPSA) is 54.3 Å². The molecule has 4 aromatic rings. The van der Waals surface area contributed by atoms with Crippen molar-refractivity contribution in [3.63, 3.8) is 0 Å². The number of benzene rings is 2. The van der Waals surface area contributed by atoms with Gasteiger partial charge in [0.05, 0.1) is 6.54 Å². The van der Waals surface area contributed by atoms with E-state index in [1.165, 1.54) is 0 Å². The number of aromatic nitrogens is 1. The van der Waals surface area contributed by atoms with Crippen LogP contribution >= 0.6 is 22.9 Å². The summed E-state index contributed by atoms with van der Waals surface area (Å²) in [6.07, 6.45) is 0. The minimum Gasteiger partial charge on any atom is -0.350 e. The Morgan fingerprint density at radius 3 is 2.59 bits per heavy atom. The van der Waals surface area contributed by atoms with Crippen LogP contribution in [0.5, 0.6) is 0 Å². The summed E-state index contributed by atoms with van der Waals surface area (Å²) in [5, 5.41) is 6.73. The van der Waals surface area contributed by atoms with Crippen molar-refractivity contribution < 1.29 is 9.59 Å². The van der Waals surface area contributed by atoms with Crippen LogP contribution in [0.25, 0.3) is 10.2 Å². The summed E-state index contributed by atoms with van der Waals surface area (Å²) in [7, 11) is 0. The van der Waals surface area contributed by atoms with E-state index in [9.17, 15) is 9.59 Å². The van der Waals surface area contributed by atoms with E-state index in [4.69, 9.17) is 11.6 Å². The highest BCUT2D eigenvalue weighted by atomic mass is 35.5. The lowest BCUT2D eigenvalue weighted by Crippen LogP contribution is -2.63. The number of hydrogen-bond donors (Lipinski definition) is 1. The summed E-state index contributed by atoms with van der Waals surface area (Å²) in [6, 6.07) is 21.1. The normalized spacial score (nSPS) is 18.1. The van der Waals surface area contributed by atoms with Crippen LogP contribution in [0.3, 0.4) is 0 Å². The van der Waals surface area contributed by atoms with Crippen LogP contribution in [0, 0.1) is 0 Å². The highest BCUT2D eigenvalue weighted by Crippen LogP contribution is 2.35. The first-order valence-electron chi connectivity index (χ1n) is 10.4. The molecule has 0 bridgehead atoms. The van der Waals surface area contributed by atoms with Crippen LogP contribution in [-0.4, -0.2) is 26.8 Å². The van der Waals surface area contributed by atoms with E-state index >= 15 is 0 Å². The van der Waals surface area contributed by atoms with E-state index < -0.39 is 5.54 Å². The molecule has 32 heavy (non-hydrogen) atoms. The summed E-state index contributed by atoms with van der Waals surface area (Å²) in [6.45, 7) is 2.98. The van der Waals surface area contributed by atoms with Gasteiger partial charge in [-0.15, -0.1) is 11.3 Å². The third-order valence-electron chi connectivity index (χ3n) is 6.07. The molecule has 1 unspecified atom stereocenters. The molecule has 0 aliphatic carbocycles. The zero-order chi connectivity index (χ0) is 22.3. The van der Waals surface area contributed by atoms with E-state index in [-0.39, 0.29) is 11.8 Å². The van der Waals surface area contributed by atoms with Gasteiger partial charge in [-0.05, 0) is 47.7 Å². The molecule has 1 aliphatic rings. The number of halogens is 1. The van der Waals surface area contributed by atoms with Crippen molar-refractivity contribution in [2.75, 3.05) is 0 Å². The molecule has 7 heteroatoms. The SMILES string of the molecule is CC1(C(=O)NCc2ccccc2)Cn2c(cc3ccsc32)C(=O)N1Cc1ccc(Cl)cc1. The Kier molecular flexibility index (Phi) is 5.27. The lowest BCUT2D eigenvalue weighted by molar-refractivity contribution is -0.133. The van der Waals surface area contributed by atoms with Crippen LogP contribution in [0.2, 0.25) is 5.02 Å². The quantitative estimate of drug-likeness (QED) is 0.448. The van der Waals surface area contributed by atoms with Crippen molar-refractivity contribution in [2.45, 2.75) is 32.1 Å². The molecule has 3 heterocycles. The zero-order valence-electron chi connectivity index (χ0n) is 17.5. The molecule has 0 spiro atoms. The van der Waals surface area contributed by atoms with E-state index in [0.717, 1.165) is 21.3 Å². The molecule has 162 valence electrons. The van der Waals surface area contributed by atoms with Gasteiger partial charge in [0.2, 0.25) is 5.91 Å². The molecule has 0 saturated carbocycles. The van der Waals surface area contributed by atoms with Crippen molar-refractivity contribution in [1.82, 2.24) is 14.8 Å². The smallest absolute Gasteiger partial charge is 0.271 e. The molecule has 2 aromatic carbocycles. The standard InChI is InChI=1S/C25H22ClN3O2S/c1-25(24(31)27-14-17-5-3-2-4-6-17)16-28-21(13-19-11-12-32-23(19)28)22(30)29(25)15-18-7-9-20(26)10-8-18/h2-13H,14-16H2,1H3,(H,27,31). The Morgan fingerprint density at radius 2 is 1.84 bits per heavy atom. The first-order valence-corrected chi connectivity index (χ1v) is 11.7. The first-order chi connectivity index (χ1) is 15.5. The lowest BCUT2D eigenvalue weighted by atomic mass is 9.93. The fourth-order valence-corrected chi connectivity index (χ4v) is 5.27. The van der Waals surface area contributed by atoms with E-state index in [1.54, 1.807) is 28.4 Å². The van der Waals surface area contributed by atoms with Crippen molar-refractivity contribution in [3.8, 4) is 0 Å². The lowest BCUT2D eigenvalue weighted by Gasteiger charge is -2.44. The van der Waals surface area contributed by atoms with E-state index in [2.05, 4.69) is 5.32 Å². The summed E-state index contributed by atoms with van der Waals surface area (Å²) >= 11 is 7.63. The summed E-state index contributed by atoms with van der Waals surface area (Å²) < 4.78 is 1.99. The minimum absolute atomic E-state index is 0.146. The van der Waals surface area contributed by atoms with E-state index in [0.29, 0.717) is 30.4 Å². The molecule has 2 aromatic heterocycles. The number of carbonyl (C=O) groups is 2. The van der Waals surface area contributed by atoms with Crippen LogP contribution in [0.15, 0.2) is 72.1 Å². The highest BCUT2D eigenvalue weighted by molar-refractivity contribution is 7.16. The molecule has 5 nitrogen and oxygen atoms in total. The molecule has 0 fully saturated rings. The maximum Gasteiger partial charge on any atom is 0.271 e. The molecule has 1 atom stereocenters. The van der Waals surface area contributed by atoms with Gasteiger partial charge in [-0.2, -0.15) is 0 Å². The number of amides is 2. The van der Waals surface area contributed by atoms with Crippen LogP contribution in [0.1, 0.15) is 28.5 Å². The Morgan fingerprint density at radius 1 is 1.09 bits per heavy atom. The Bertz CT molecular complexity index is 1300. The van der Waals surface area contributed by atoms with Crippen LogP contribution in [-0.2, 0) is 24.4 Å². The fraction of sp³-hybridized carbons (Fsp3) is 0.200. The highest BCUT2D eigenvalue weighted by Gasteiger charge is 2.47. The Labute approximate surface area is 195 Å². The fourth-order valence-electron chi connectivity index (χ4n) is 4.25. The summed E-state index contributed by atoms with van der Waals surface area (Å²) in [5.41, 5.74) is 1.51. The van der Waals surface area contributed by atoms with Crippen molar-refractivity contribution >= 4 is 45.0 Å². The molecular formula is C25H22ClN3O2S. The third kappa shape index (κ3) is 3.59. The Hall–Kier alpha value is -3.09.